The van der Waals surface area contributed by atoms with Crippen molar-refractivity contribution in [3.8, 4) is 17.2 Å². The van der Waals surface area contributed by atoms with Gasteiger partial charge in [-0.2, -0.15) is 5.10 Å². The molecule has 0 bridgehead atoms. The molecule has 4 aromatic carbocycles. The number of para-hydroxylation sites is 1. The number of hydrogen-bond donors (Lipinski definition) is 1. The summed E-state index contributed by atoms with van der Waals surface area (Å²) in [6.45, 7) is 2.89. The predicted octanol–water partition coefficient (Wildman–Crippen LogP) is 8.08. The van der Waals surface area contributed by atoms with Gasteiger partial charge in [0.2, 0.25) is 0 Å². The molecule has 0 aromatic heterocycles. The van der Waals surface area contributed by atoms with Crippen LogP contribution in [0.4, 0.5) is 0 Å². The topological polar surface area (TPSA) is 69.2 Å². The maximum Gasteiger partial charge on any atom is 0.275 e. The molecular formula is C30H25BrCl2N2O4. The number of halogens is 3. The molecule has 0 spiro atoms. The Hall–Kier alpha value is -3.52. The van der Waals surface area contributed by atoms with Gasteiger partial charge >= 0.3 is 0 Å². The predicted molar refractivity (Wildman–Crippen MR) is 158 cm³/mol. The van der Waals surface area contributed by atoms with Crippen LogP contribution >= 0.6 is 39.1 Å². The zero-order valence-corrected chi connectivity index (χ0v) is 24.1. The summed E-state index contributed by atoms with van der Waals surface area (Å²) in [7, 11) is 0. The highest BCUT2D eigenvalue weighted by Crippen LogP contribution is 2.37. The van der Waals surface area contributed by atoms with Crippen LogP contribution in [0, 0.1) is 0 Å². The fourth-order valence-corrected chi connectivity index (χ4v) is 4.60. The van der Waals surface area contributed by atoms with E-state index >= 15 is 0 Å². The van der Waals surface area contributed by atoms with Gasteiger partial charge in [0.15, 0.2) is 11.5 Å². The Kier molecular flexibility index (Phi) is 10.3. The first-order chi connectivity index (χ1) is 18.9. The molecule has 0 atom stereocenters. The van der Waals surface area contributed by atoms with Gasteiger partial charge in [-0.1, -0.05) is 65.7 Å². The Morgan fingerprint density at radius 1 is 0.897 bits per heavy atom. The molecule has 0 aliphatic carbocycles. The van der Waals surface area contributed by atoms with Crippen molar-refractivity contribution in [1.29, 1.82) is 0 Å². The molecule has 200 valence electrons. The number of nitrogens with zero attached hydrogens (tertiary/aromatic N) is 1. The van der Waals surface area contributed by atoms with E-state index in [1.165, 1.54) is 6.21 Å². The minimum absolute atomic E-state index is 0.229. The minimum Gasteiger partial charge on any atom is -0.490 e. The van der Waals surface area contributed by atoms with Gasteiger partial charge in [-0.25, -0.2) is 5.43 Å². The lowest BCUT2D eigenvalue weighted by molar-refractivity contribution is 0.0950. The standard InChI is InChI=1S/C30H25BrCl2N2O4/c1-2-37-28-16-21(15-25(31)29(28)39-18-20-8-7-10-23(32)14-20)17-34-35-30(36)24-11-4-6-13-27(24)38-19-22-9-3-5-12-26(22)33/h3-17H,2,18-19H2,1H3,(H,35,36)/b34-17-. The second kappa shape index (κ2) is 14.0. The second-order valence-electron chi connectivity index (χ2n) is 8.26. The van der Waals surface area contributed by atoms with E-state index in [9.17, 15) is 4.79 Å². The third-order valence-corrected chi connectivity index (χ3v) is 6.65. The SMILES string of the molecule is CCOc1cc(/C=N\NC(=O)c2ccccc2OCc2ccccc2Cl)cc(Br)c1OCc1cccc(Cl)c1. The smallest absolute Gasteiger partial charge is 0.275 e. The van der Waals surface area contributed by atoms with Crippen molar-refractivity contribution >= 4 is 51.3 Å². The fourth-order valence-electron chi connectivity index (χ4n) is 3.62. The first kappa shape index (κ1) is 28.5. The monoisotopic (exact) mass is 626 g/mol. The van der Waals surface area contributed by atoms with Crippen LogP contribution in [0.1, 0.15) is 34.0 Å². The van der Waals surface area contributed by atoms with Gasteiger partial charge in [0.1, 0.15) is 19.0 Å². The summed E-state index contributed by atoms with van der Waals surface area (Å²) in [6.07, 6.45) is 1.53. The van der Waals surface area contributed by atoms with Gasteiger partial charge in [-0.15, -0.1) is 0 Å². The number of ether oxygens (including phenoxy) is 3. The van der Waals surface area contributed by atoms with E-state index in [0.29, 0.717) is 56.1 Å². The molecule has 0 radical (unpaired) electrons. The molecule has 39 heavy (non-hydrogen) atoms. The minimum atomic E-state index is -0.411. The molecule has 4 rings (SSSR count). The molecule has 0 unspecified atom stereocenters. The van der Waals surface area contributed by atoms with Crippen molar-refractivity contribution in [1.82, 2.24) is 5.43 Å². The largest absolute Gasteiger partial charge is 0.490 e. The van der Waals surface area contributed by atoms with Crippen LogP contribution in [-0.2, 0) is 13.2 Å². The number of hydrogen-bond acceptors (Lipinski definition) is 5. The summed E-state index contributed by atoms with van der Waals surface area (Å²) in [5.74, 6) is 1.11. The first-order valence-electron chi connectivity index (χ1n) is 12.1. The molecule has 9 heteroatoms. The van der Waals surface area contributed by atoms with E-state index in [-0.39, 0.29) is 6.61 Å². The van der Waals surface area contributed by atoms with Gasteiger partial charge in [-0.3, -0.25) is 4.79 Å². The number of rotatable bonds is 11. The average Bonchev–Trinajstić information content (AvgIpc) is 2.92. The van der Waals surface area contributed by atoms with E-state index in [4.69, 9.17) is 37.4 Å². The third-order valence-electron chi connectivity index (χ3n) is 5.46. The highest BCUT2D eigenvalue weighted by Gasteiger charge is 2.14. The zero-order chi connectivity index (χ0) is 27.6. The van der Waals surface area contributed by atoms with Crippen molar-refractivity contribution in [2.75, 3.05) is 6.61 Å². The second-order valence-corrected chi connectivity index (χ2v) is 9.95. The summed E-state index contributed by atoms with van der Waals surface area (Å²) >= 11 is 15.9. The lowest BCUT2D eigenvalue weighted by atomic mass is 10.2. The number of benzene rings is 4. The third kappa shape index (κ3) is 7.99. The van der Waals surface area contributed by atoms with Crippen molar-refractivity contribution in [2.24, 2.45) is 5.10 Å². The molecule has 0 aliphatic heterocycles. The lowest BCUT2D eigenvalue weighted by Gasteiger charge is -2.15. The molecular weight excluding hydrogens is 603 g/mol. The Bertz CT molecular complexity index is 1480. The average molecular weight is 628 g/mol. The van der Waals surface area contributed by atoms with Crippen LogP contribution in [0.3, 0.4) is 0 Å². The molecule has 0 aliphatic rings. The number of carbonyl (C=O) groups excluding carboxylic acids is 1. The van der Waals surface area contributed by atoms with E-state index < -0.39 is 5.91 Å². The van der Waals surface area contributed by atoms with Crippen molar-refractivity contribution < 1.29 is 19.0 Å². The maximum atomic E-state index is 12.9. The highest BCUT2D eigenvalue weighted by molar-refractivity contribution is 9.10. The summed E-state index contributed by atoms with van der Waals surface area (Å²) in [5, 5.41) is 5.38. The van der Waals surface area contributed by atoms with Gasteiger partial charge in [0, 0.05) is 15.6 Å². The molecule has 1 amide bonds. The Balaban J connectivity index is 1.43. The van der Waals surface area contributed by atoms with Crippen molar-refractivity contribution in [3.05, 3.63) is 122 Å². The number of amides is 1. The molecule has 1 N–H and O–H groups in total. The zero-order valence-electron chi connectivity index (χ0n) is 21.0. The van der Waals surface area contributed by atoms with E-state index in [0.717, 1.165) is 11.1 Å². The Morgan fingerprint density at radius 2 is 1.69 bits per heavy atom. The normalized spacial score (nSPS) is 10.9. The highest BCUT2D eigenvalue weighted by atomic mass is 79.9. The Morgan fingerprint density at radius 3 is 2.49 bits per heavy atom. The van der Waals surface area contributed by atoms with Gasteiger partial charge in [0.25, 0.3) is 5.91 Å². The number of nitrogens with one attached hydrogen (secondary N) is 1. The quantitative estimate of drug-likeness (QED) is 0.135. The van der Waals surface area contributed by atoms with Crippen molar-refractivity contribution in [3.63, 3.8) is 0 Å². The molecule has 0 saturated carbocycles. The summed E-state index contributed by atoms with van der Waals surface area (Å²) < 4.78 is 18.4. The summed E-state index contributed by atoms with van der Waals surface area (Å²) in [4.78, 5) is 12.9. The summed E-state index contributed by atoms with van der Waals surface area (Å²) in [5.41, 5.74) is 5.36. The molecule has 0 saturated heterocycles. The van der Waals surface area contributed by atoms with Crippen LogP contribution in [0.15, 0.2) is 94.5 Å². The van der Waals surface area contributed by atoms with E-state index in [1.54, 1.807) is 36.4 Å². The lowest BCUT2D eigenvalue weighted by Crippen LogP contribution is -2.18. The van der Waals surface area contributed by atoms with Crippen LogP contribution in [0.5, 0.6) is 17.2 Å². The molecule has 0 fully saturated rings. The van der Waals surface area contributed by atoms with Gasteiger partial charge in [0.05, 0.1) is 22.9 Å². The van der Waals surface area contributed by atoms with Crippen LogP contribution in [0.2, 0.25) is 10.0 Å². The van der Waals surface area contributed by atoms with E-state index in [2.05, 4.69) is 26.5 Å². The van der Waals surface area contributed by atoms with Crippen LogP contribution in [-0.4, -0.2) is 18.7 Å². The number of carbonyl (C=O) groups is 1. The first-order valence-corrected chi connectivity index (χ1v) is 13.6. The Labute approximate surface area is 245 Å². The van der Waals surface area contributed by atoms with Gasteiger partial charge < -0.3 is 14.2 Å². The summed E-state index contributed by atoms with van der Waals surface area (Å²) in [6, 6.07) is 25.4. The van der Waals surface area contributed by atoms with Gasteiger partial charge in [-0.05, 0) is 76.4 Å². The van der Waals surface area contributed by atoms with Crippen LogP contribution < -0.4 is 19.6 Å². The maximum absolute atomic E-state index is 12.9. The van der Waals surface area contributed by atoms with E-state index in [1.807, 2.05) is 55.5 Å². The van der Waals surface area contributed by atoms with Crippen LogP contribution in [0.25, 0.3) is 0 Å². The molecule has 6 nitrogen and oxygen atoms in total. The molecule has 0 heterocycles. The number of hydrazone groups is 1. The van der Waals surface area contributed by atoms with Crippen molar-refractivity contribution in [2.45, 2.75) is 20.1 Å². The fraction of sp³-hybridized carbons (Fsp3) is 0.133. The molecule has 4 aromatic rings.